The van der Waals surface area contributed by atoms with Crippen LogP contribution in [-0.2, 0) is 0 Å². The number of aromatic amines is 1. The Balaban J connectivity index is 2.73. The van der Waals surface area contributed by atoms with Crippen molar-refractivity contribution in [1.82, 2.24) is 15.3 Å². The average Bonchev–Trinajstić information content (AvgIpc) is 2.15. The highest BCUT2D eigenvalue weighted by molar-refractivity contribution is 5.54. The van der Waals surface area contributed by atoms with E-state index in [1.54, 1.807) is 0 Å². The number of hydrogen-bond acceptors (Lipinski definition) is 4. The quantitative estimate of drug-likeness (QED) is 0.599. The molecule has 0 fully saturated rings. The normalized spacial score (nSPS) is 14.6. The molecule has 16 heavy (non-hydrogen) atoms. The summed E-state index contributed by atoms with van der Waals surface area (Å²) in [5.41, 5.74) is 6.47. The van der Waals surface area contributed by atoms with Crippen LogP contribution in [0.1, 0.15) is 26.7 Å². The van der Waals surface area contributed by atoms with Crippen molar-refractivity contribution in [3.05, 3.63) is 21.1 Å². The van der Waals surface area contributed by atoms with Crippen LogP contribution in [0.25, 0.3) is 11.8 Å². The van der Waals surface area contributed by atoms with E-state index in [9.17, 15) is 4.79 Å². The van der Waals surface area contributed by atoms with Crippen LogP contribution >= 0.6 is 0 Å². The van der Waals surface area contributed by atoms with E-state index in [4.69, 9.17) is 5.73 Å². The molecule has 4 N–H and O–H groups in total. The van der Waals surface area contributed by atoms with Gasteiger partial charge in [-0.2, -0.15) is 4.98 Å². The van der Waals surface area contributed by atoms with Crippen LogP contribution in [0.5, 0.6) is 0 Å². The molecule has 1 aliphatic carbocycles. The first-order chi connectivity index (χ1) is 7.58. The minimum atomic E-state index is -0.390. The van der Waals surface area contributed by atoms with Gasteiger partial charge < -0.3 is 16.0 Å². The summed E-state index contributed by atoms with van der Waals surface area (Å²) in [4.78, 5) is 17.6. The summed E-state index contributed by atoms with van der Waals surface area (Å²) >= 11 is 0. The first kappa shape index (κ1) is 10.7. The van der Waals surface area contributed by atoms with Gasteiger partial charge in [0.05, 0.1) is 10.6 Å². The fourth-order valence-corrected chi connectivity index (χ4v) is 1.96. The number of anilines is 1. The smallest absolute Gasteiger partial charge is 0.347 e. The third-order valence-electron chi connectivity index (χ3n) is 2.50. The molecule has 1 aromatic rings. The molecule has 1 aliphatic rings. The van der Waals surface area contributed by atoms with E-state index in [2.05, 4.69) is 29.1 Å². The van der Waals surface area contributed by atoms with Crippen LogP contribution in [0.3, 0.4) is 0 Å². The lowest BCUT2D eigenvalue weighted by Gasteiger charge is -2.16. The number of aromatic nitrogens is 2. The van der Waals surface area contributed by atoms with Gasteiger partial charge >= 0.3 is 5.69 Å². The van der Waals surface area contributed by atoms with Gasteiger partial charge in [0.15, 0.2) is 0 Å². The van der Waals surface area contributed by atoms with E-state index < -0.39 is 5.69 Å². The molecule has 5 heteroatoms. The molecule has 0 bridgehead atoms. The molecule has 0 aliphatic heterocycles. The predicted molar refractivity (Wildman–Crippen MR) is 63.9 cm³/mol. The standard InChI is InChI=1S/C11H16N4O/c1-6(2)13-7-4-3-5-8-9(7)10(12)15-11(16)14-8/h5-6,13H,3-4H2,1-2H3,(H3,12,14,15,16). The van der Waals surface area contributed by atoms with Crippen molar-refractivity contribution < 1.29 is 0 Å². The zero-order chi connectivity index (χ0) is 11.7. The number of hydrogen-bond donors (Lipinski definition) is 3. The lowest BCUT2D eigenvalue weighted by atomic mass is 10.1. The highest BCUT2D eigenvalue weighted by atomic mass is 16.1. The summed E-state index contributed by atoms with van der Waals surface area (Å²) in [5, 5.41) is 4.98. The van der Waals surface area contributed by atoms with Crippen molar-refractivity contribution in [3.63, 3.8) is 0 Å². The highest BCUT2D eigenvalue weighted by Crippen LogP contribution is 2.05. The lowest BCUT2D eigenvalue weighted by Crippen LogP contribution is -2.44. The van der Waals surface area contributed by atoms with Crippen LogP contribution in [0, 0.1) is 0 Å². The molecule has 0 unspecified atom stereocenters. The van der Waals surface area contributed by atoms with Gasteiger partial charge in [0.1, 0.15) is 5.82 Å². The average molecular weight is 220 g/mol. The number of nitrogens with one attached hydrogen (secondary N) is 2. The van der Waals surface area contributed by atoms with E-state index in [1.165, 1.54) is 0 Å². The molecule has 0 spiro atoms. The second-order valence-corrected chi connectivity index (χ2v) is 4.24. The van der Waals surface area contributed by atoms with E-state index in [0.717, 1.165) is 29.1 Å². The number of nitrogens with two attached hydrogens (primary N) is 1. The summed E-state index contributed by atoms with van der Waals surface area (Å²) in [7, 11) is 0. The zero-order valence-corrected chi connectivity index (χ0v) is 9.50. The van der Waals surface area contributed by atoms with Crippen LogP contribution in [0.4, 0.5) is 5.82 Å². The van der Waals surface area contributed by atoms with E-state index in [-0.39, 0.29) is 0 Å². The predicted octanol–water partition coefficient (Wildman–Crippen LogP) is -0.967. The van der Waals surface area contributed by atoms with Gasteiger partial charge in [0.25, 0.3) is 0 Å². The van der Waals surface area contributed by atoms with E-state index in [1.807, 2.05) is 6.08 Å². The van der Waals surface area contributed by atoms with Crippen LogP contribution < -0.4 is 27.3 Å². The summed E-state index contributed by atoms with van der Waals surface area (Å²) in [5.74, 6) is 0.304. The summed E-state index contributed by atoms with van der Waals surface area (Å²) in [6, 6.07) is 0.340. The Morgan fingerprint density at radius 3 is 3.00 bits per heavy atom. The molecule has 2 rings (SSSR count). The maximum absolute atomic E-state index is 11.2. The first-order valence-electron chi connectivity index (χ1n) is 5.43. The Labute approximate surface area is 93.1 Å². The maximum Gasteiger partial charge on any atom is 0.347 e. The van der Waals surface area contributed by atoms with Gasteiger partial charge in [-0.15, -0.1) is 0 Å². The number of H-pyrrole nitrogens is 1. The molecule has 86 valence electrons. The van der Waals surface area contributed by atoms with Crippen molar-refractivity contribution in [1.29, 1.82) is 0 Å². The summed E-state index contributed by atoms with van der Waals surface area (Å²) < 4.78 is 0. The molecule has 1 aromatic heterocycles. The molecule has 0 radical (unpaired) electrons. The molecule has 0 aromatic carbocycles. The Morgan fingerprint density at radius 1 is 1.56 bits per heavy atom. The Kier molecular flexibility index (Phi) is 2.68. The van der Waals surface area contributed by atoms with E-state index in [0.29, 0.717) is 11.9 Å². The lowest BCUT2D eigenvalue weighted by molar-refractivity contribution is 0.692. The number of fused-ring (bicyclic) bond motifs is 1. The largest absolute Gasteiger partial charge is 0.386 e. The van der Waals surface area contributed by atoms with Gasteiger partial charge in [-0.3, -0.25) is 0 Å². The third kappa shape index (κ3) is 1.93. The van der Waals surface area contributed by atoms with Gasteiger partial charge in [-0.25, -0.2) is 4.79 Å². The number of rotatable bonds is 2. The second-order valence-electron chi connectivity index (χ2n) is 4.24. The molecule has 5 nitrogen and oxygen atoms in total. The minimum Gasteiger partial charge on any atom is -0.386 e. The summed E-state index contributed by atoms with van der Waals surface area (Å²) in [6.45, 7) is 4.14. The fraction of sp³-hybridized carbons (Fsp3) is 0.455. The second kappa shape index (κ2) is 4.00. The van der Waals surface area contributed by atoms with Crippen molar-refractivity contribution in [2.24, 2.45) is 0 Å². The van der Waals surface area contributed by atoms with Crippen molar-refractivity contribution in [3.8, 4) is 0 Å². The molecule has 0 saturated carbocycles. The van der Waals surface area contributed by atoms with E-state index >= 15 is 0 Å². The zero-order valence-electron chi connectivity index (χ0n) is 9.50. The summed E-state index contributed by atoms with van der Waals surface area (Å²) in [6.07, 6.45) is 3.80. The molecule has 0 saturated heterocycles. The van der Waals surface area contributed by atoms with Crippen molar-refractivity contribution in [2.75, 3.05) is 5.73 Å². The maximum atomic E-state index is 11.2. The molecular formula is C11H16N4O. The Morgan fingerprint density at radius 2 is 2.31 bits per heavy atom. The van der Waals surface area contributed by atoms with Crippen molar-refractivity contribution >= 4 is 17.6 Å². The number of nitrogens with zero attached hydrogens (tertiary/aromatic N) is 1. The SMILES string of the molecule is CC(C)NC1=c2c(N)nc(=O)[nH]c2=CCC1. The van der Waals surface area contributed by atoms with Crippen LogP contribution in [0.15, 0.2) is 4.79 Å². The third-order valence-corrected chi connectivity index (χ3v) is 2.50. The van der Waals surface area contributed by atoms with Gasteiger partial charge in [0.2, 0.25) is 0 Å². The van der Waals surface area contributed by atoms with Gasteiger partial charge in [-0.05, 0) is 26.7 Å². The Hall–Kier alpha value is -1.78. The van der Waals surface area contributed by atoms with Gasteiger partial charge in [-0.1, -0.05) is 6.08 Å². The topological polar surface area (TPSA) is 83.8 Å². The first-order valence-corrected chi connectivity index (χ1v) is 5.43. The molecular weight excluding hydrogens is 204 g/mol. The van der Waals surface area contributed by atoms with Crippen LogP contribution in [-0.4, -0.2) is 16.0 Å². The van der Waals surface area contributed by atoms with Crippen molar-refractivity contribution in [2.45, 2.75) is 32.7 Å². The fourth-order valence-electron chi connectivity index (χ4n) is 1.96. The molecule has 0 amide bonds. The Bertz CT molecular complexity index is 571. The molecule has 1 heterocycles. The molecule has 0 atom stereocenters. The van der Waals surface area contributed by atoms with Crippen LogP contribution in [0.2, 0.25) is 0 Å². The van der Waals surface area contributed by atoms with Gasteiger partial charge in [0, 0.05) is 11.7 Å². The number of nitrogen functional groups attached to an aromatic ring is 1. The minimum absolute atomic E-state index is 0.304. The highest BCUT2D eigenvalue weighted by Gasteiger charge is 2.09. The monoisotopic (exact) mass is 220 g/mol.